The number of nitrogens with zero attached hydrogens (tertiary/aromatic N) is 2. The third kappa shape index (κ3) is 1.98. The van der Waals surface area contributed by atoms with E-state index in [1.807, 2.05) is 6.07 Å². The molecule has 0 radical (unpaired) electrons. The van der Waals surface area contributed by atoms with E-state index in [1.54, 1.807) is 6.20 Å². The minimum atomic E-state index is 0.346. The molecule has 2 aliphatic rings. The minimum absolute atomic E-state index is 0.346. The van der Waals surface area contributed by atoms with Gasteiger partial charge in [-0.1, -0.05) is 11.6 Å². The number of hydrogen-bond donors (Lipinski definition) is 1. The highest BCUT2D eigenvalue weighted by atomic mass is 35.5. The Morgan fingerprint density at radius 1 is 1.50 bits per heavy atom. The van der Waals surface area contributed by atoms with E-state index in [4.69, 9.17) is 22.1 Å². The highest BCUT2D eigenvalue weighted by Crippen LogP contribution is 2.36. The van der Waals surface area contributed by atoms with Gasteiger partial charge < -0.3 is 15.4 Å². The quantitative estimate of drug-likeness (QED) is 0.890. The molecule has 2 heterocycles. The minimum Gasteiger partial charge on any atom is -0.374 e. The van der Waals surface area contributed by atoms with E-state index in [1.165, 1.54) is 6.42 Å². The van der Waals surface area contributed by atoms with E-state index in [2.05, 4.69) is 9.88 Å². The van der Waals surface area contributed by atoms with Crippen LogP contribution in [0.3, 0.4) is 0 Å². The number of anilines is 1. The maximum Gasteiger partial charge on any atom is 0.148 e. The van der Waals surface area contributed by atoms with Crippen molar-refractivity contribution in [2.24, 2.45) is 5.73 Å². The van der Waals surface area contributed by atoms with Crippen LogP contribution >= 0.6 is 11.6 Å². The molecule has 0 spiro atoms. The molecular formula is C13H18ClN3O. The van der Waals surface area contributed by atoms with Gasteiger partial charge in [0.1, 0.15) is 5.82 Å². The smallest absolute Gasteiger partial charge is 0.148 e. The Kier molecular flexibility index (Phi) is 3.41. The summed E-state index contributed by atoms with van der Waals surface area (Å²) in [6.45, 7) is 2.07. The van der Waals surface area contributed by atoms with Crippen molar-refractivity contribution in [3.8, 4) is 0 Å². The number of morpholine rings is 1. The van der Waals surface area contributed by atoms with Crippen molar-refractivity contribution < 1.29 is 4.74 Å². The first-order valence-corrected chi connectivity index (χ1v) is 6.90. The highest BCUT2D eigenvalue weighted by Gasteiger charge is 2.37. The van der Waals surface area contributed by atoms with E-state index in [9.17, 15) is 0 Å². The number of halogens is 1. The predicted octanol–water partition coefficient (Wildman–Crippen LogP) is 1.95. The fraction of sp³-hybridized carbons (Fsp3) is 0.615. The van der Waals surface area contributed by atoms with Crippen LogP contribution in [0.15, 0.2) is 12.3 Å². The third-order valence-corrected chi connectivity index (χ3v) is 4.34. The molecule has 1 saturated carbocycles. The Morgan fingerprint density at radius 3 is 3.22 bits per heavy atom. The molecule has 98 valence electrons. The number of ether oxygens (including phenoxy) is 1. The molecule has 1 aromatic heterocycles. The van der Waals surface area contributed by atoms with Crippen LogP contribution in [0.1, 0.15) is 24.8 Å². The zero-order valence-electron chi connectivity index (χ0n) is 10.3. The summed E-state index contributed by atoms with van der Waals surface area (Å²) in [5, 5.41) is 0.701. The first-order valence-electron chi connectivity index (χ1n) is 6.53. The number of nitrogens with two attached hydrogens (primary N) is 1. The van der Waals surface area contributed by atoms with Crippen LogP contribution in [0.4, 0.5) is 5.82 Å². The highest BCUT2D eigenvalue weighted by molar-refractivity contribution is 6.33. The summed E-state index contributed by atoms with van der Waals surface area (Å²) in [6, 6.07) is 2.31. The molecule has 4 nitrogen and oxygen atoms in total. The second-order valence-electron chi connectivity index (χ2n) is 4.91. The standard InChI is InChI=1S/C13H18ClN3O/c14-12-9(8-15)4-5-16-13(12)17-6-7-18-11-3-1-2-10(11)17/h4-5,10-11H,1-3,6-8,15H2. The van der Waals surface area contributed by atoms with Gasteiger partial charge in [0, 0.05) is 19.3 Å². The van der Waals surface area contributed by atoms with Gasteiger partial charge in [0.2, 0.25) is 0 Å². The number of aromatic nitrogens is 1. The molecule has 0 bridgehead atoms. The lowest BCUT2D eigenvalue weighted by Gasteiger charge is -2.39. The molecule has 0 aromatic carbocycles. The molecule has 1 saturated heterocycles. The molecule has 1 aliphatic heterocycles. The molecule has 1 aromatic rings. The molecule has 18 heavy (non-hydrogen) atoms. The summed E-state index contributed by atoms with van der Waals surface area (Å²) in [5.41, 5.74) is 6.66. The van der Waals surface area contributed by atoms with E-state index in [0.29, 0.717) is 23.7 Å². The van der Waals surface area contributed by atoms with E-state index in [-0.39, 0.29) is 0 Å². The lowest BCUT2D eigenvalue weighted by molar-refractivity contribution is 0.0253. The first-order chi connectivity index (χ1) is 8.81. The van der Waals surface area contributed by atoms with Crippen LogP contribution in [0.2, 0.25) is 5.02 Å². The molecular weight excluding hydrogens is 250 g/mol. The lowest BCUT2D eigenvalue weighted by atomic mass is 10.1. The van der Waals surface area contributed by atoms with Gasteiger partial charge in [-0.3, -0.25) is 0 Å². The van der Waals surface area contributed by atoms with Gasteiger partial charge in [0.05, 0.1) is 23.8 Å². The molecule has 0 amide bonds. The summed E-state index contributed by atoms with van der Waals surface area (Å²) >= 11 is 6.41. The van der Waals surface area contributed by atoms with Crippen molar-refractivity contribution >= 4 is 17.4 Å². The topological polar surface area (TPSA) is 51.4 Å². The van der Waals surface area contributed by atoms with Gasteiger partial charge >= 0.3 is 0 Å². The second-order valence-corrected chi connectivity index (χ2v) is 5.29. The van der Waals surface area contributed by atoms with Crippen LogP contribution in [-0.4, -0.2) is 30.3 Å². The summed E-state index contributed by atoms with van der Waals surface area (Å²) in [7, 11) is 0. The Hall–Kier alpha value is -0.840. The monoisotopic (exact) mass is 267 g/mol. The number of fused-ring (bicyclic) bond motifs is 1. The van der Waals surface area contributed by atoms with Gasteiger partial charge in [0.25, 0.3) is 0 Å². The molecule has 2 atom stereocenters. The fourth-order valence-corrected chi connectivity index (χ4v) is 3.32. The van der Waals surface area contributed by atoms with Crippen LogP contribution in [0.5, 0.6) is 0 Å². The largest absolute Gasteiger partial charge is 0.374 e. The molecule has 1 aliphatic carbocycles. The molecule has 2 N–H and O–H groups in total. The van der Waals surface area contributed by atoms with E-state index >= 15 is 0 Å². The van der Waals surface area contributed by atoms with Gasteiger partial charge in [-0.2, -0.15) is 0 Å². The van der Waals surface area contributed by atoms with Gasteiger partial charge in [-0.15, -0.1) is 0 Å². The lowest BCUT2D eigenvalue weighted by Crippen LogP contribution is -2.49. The summed E-state index contributed by atoms with van der Waals surface area (Å²) in [6.07, 6.45) is 5.67. The Morgan fingerprint density at radius 2 is 2.39 bits per heavy atom. The Balaban J connectivity index is 1.93. The van der Waals surface area contributed by atoms with Crippen LogP contribution in [-0.2, 0) is 11.3 Å². The summed E-state index contributed by atoms with van der Waals surface area (Å²) in [4.78, 5) is 6.76. The van der Waals surface area contributed by atoms with Crippen molar-refractivity contribution in [2.45, 2.75) is 38.0 Å². The average molecular weight is 268 g/mol. The van der Waals surface area contributed by atoms with Gasteiger partial charge in [-0.25, -0.2) is 4.98 Å². The number of pyridine rings is 1. The Labute approximate surface area is 112 Å². The van der Waals surface area contributed by atoms with E-state index < -0.39 is 0 Å². The number of hydrogen-bond acceptors (Lipinski definition) is 4. The second kappa shape index (κ2) is 5.03. The van der Waals surface area contributed by atoms with Crippen LogP contribution < -0.4 is 10.6 Å². The van der Waals surface area contributed by atoms with Crippen molar-refractivity contribution in [1.29, 1.82) is 0 Å². The normalized spacial score (nSPS) is 27.3. The zero-order valence-corrected chi connectivity index (χ0v) is 11.1. The van der Waals surface area contributed by atoms with Gasteiger partial charge in [0.15, 0.2) is 0 Å². The van der Waals surface area contributed by atoms with Gasteiger partial charge in [-0.05, 0) is 30.9 Å². The van der Waals surface area contributed by atoms with Crippen molar-refractivity contribution in [2.75, 3.05) is 18.1 Å². The summed E-state index contributed by atoms with van der Waals surface area (Å²) < 4.78 is 5.81. The Bertz CT molecular complexity index is 440. The van der Waals surface area contributed by atoms with E-state index in [0.717, 1.165) is 37.4 Å². The fourth-order valence-electron chi connectivity index (χ4n) is 3.02. The zero-order chi connectivity index (χ0) is 12.5. The van der Waals surface area contributed by atoms with Crippen LogP contribution in [0, 0.1) is 0 Å². The maximum atomic E-state index is 6.41. The van der Waals surface area contributed by atoms with Crippen molar-refractivity contribution in [3.05, 3.63) is 22.8 Å². The maximum absolute atomic E-state index is 6.41. The van der Waals surface area contributed by atoms with Crippen molar-refractivity contribution in [1.82, 2.24) is 4.98 Å². The predicted molar refractivity (Wildman–Crippen MR) is 71.9 cm³/mol. The molecule has 2 unspecified atom stereocenters. The molecule has 5 heteroatoms. The average Bonchev–Trinajstić information content (AvgIpc) is 2.87. The SMILES string of the molecule is NCc1ccnc(N2CCOC3CCCC32)c1Cl. The third-order valence-electron chi connectivity index (χ3n) is 3.92. The van der Waals surface area contributed by atoms with Crippen LogP contribution in [0.25, 0.3) is 0 Å². The summed E-state index contributed by atoms with van der Waals surface area (Å²) in [5.74, 6) is 0.875. The van der Waals surface area contributed by atoms with Crippen molar-refractivity contribution in [3.63, 3.8) is 0 Å². The molecule has 3 rings (SSSR count). The first kappa shape index (κ1) is 12.2. The number of rotatable bonds is 2. The molecule has 2 fully saturated rings.